The first-order valence-corrected chi connectivity index (χ1v) is 6.38. The standard InChI is InChI=1S/C10H5ClINOS/c11-6-1-2-8(12)7(5-6)10(14)9-3-4-15-13-9/h1-5H. The van der Waals surface area contributed by atoms with Crippen molar-refractivity contribution >= 4 is 51.5 Å². The number of halogens is 2. The van der Waals surface area contributed by atoms with Gasteiger partial charge in [-0.05, 0) is 58.4 Å². The van der Waals surface area contributed by atoms with Gasteiger partial charge in [-0.15, -0.1) is 0 Å². The minimum atomic E-state index is -0.0804. The molecule has 0 atom stereocenters. The van der Waals surface area contributed by atoms with Crippen molar-refractivity contribution < 1.29 is 4.79 Å². The van der Waals surface area contributed by atoms with Crippen LogP contribution >= 0.6 is 45.7 Å². The summed E-state index contributed by atoms with van der Waals surface area (Å²) in [6.07, 6.45) is 0. The molecule has 5 heteroatoms. The number of benzene rings is 1. The van der Waals surface area contributed by atoms with Gasteiger partial charge in [0.15, 0.2) is 0 Å². The van der Waals surface area contributed by atoms with E-state index in [2.05, 4.69) is 27.0 Å². The molecule has 76 valence electrons. The Hall–Kier alpha value is -0.460. The molecule has 0 aliphatic rings. The van der Waals surface area contributed by atoms with E-state index in [0.29, 0.717) is 16.3 Å². The fourth-order valence-electron chi connectivity index (χ4n) is 1.14. The van der Waals surface area contributed by atoms with Crippen LogP contribution in [0, 0.1) is 3.57 Å². The van der Waals surface area contributed by atoms with E-state index < -0.39 is 0 Å². The van der Waals surface area contributed by atoms with Crippen LogP contribution in [0.2, 0.25) is 5.02 Å². The molecule has 0 bridgehead atoms. The van der Waals surface area contributed by atoms with Crippen LogP contribution in [0.4, 0.5) is 0 Å². The van der Waals surface area contributed by atoms with Gasteiger partial charge in [-0.25, -0.2) is 0 Å². The van der Waals surface area contributed by atoms with E-state index in [1.165, 1.54) is 11.5 Å². The van der Waals surface area contributed by atoms with E-state index >= 15 is 0 Å². The van der Waals surface area contributed by atoms with Gasteiger partial charge in [-0.3, -0.25) is 4.79 Å². The summed E-state index contributed by atoms with van der Waals surface area (Å²) in [5.74, 6) is -0.0804. The third-order valence-electron chi connectivity index (χ3n) is 1.84. The van der Waals surface area contributed by atoms with E-state index in [9.17, 15) is 4.79 Å². The van der Waals surface area contributed by atoms with Crippen LogP contribution in [0.3, 0.4) is 0 Å². The molecule has 0 aliphatic carbocycles. The Kier molecular flexibility index (Phi) is 3.38. The first kappa shape index (κ1) is 11.0. The summed E-state index contributed by atoms with van der Waals surface area (Å²) in [5.41, 5.74) is 1.08. The van der Waals surface area contributed by atoms with E-state index in [0.717, 1.165) is 3.57 Å². The Labute approximate surface area is 110 Å². The molecule has 0 N–H and O–H groups in total. The molecule has 0 fully saturated rings. The second-order valence-electron chi connectivity index (χ2n) is 2.84. The summed E-state index contributed by atoms with van der Waals surface area (Å²) in [6.45, 7) is 0. The SMILES string of the molecule is O=C(c1ccsn1)c1cc(Cl)ccc1I. The highest BCUT2D eigenvalue weighted by atomic mass is 127. The van der Waals surface area contributed by atoms with Crippen LogP contribution in [0.25, 0.3) is 0 Å². The molecule has 1 aromatic carbocycles. The summed E-state index contributed by atoms with van der Waals surface area (Å²) in [5, 5.41) is 2.35. The van der Waals surface area contributed by atoms with E-state index in [1.807, 2.05) is 6.07 Å². The van der Waals surface area contributed by atoms with Gasteiger partial charge < -0.3 is 0 Å². The van der Waals surface area contributed by atoms with Gasteiger partial charge in [-0.2, -0.15) is 4.37 Å². The second kappa shape index (κ2) is 4.59. The summed E-state index contributed by atoms with van der Waals surface area (Å²) < 4.78 is 4.89. The molecule has 0 aliphatic heterocycles. The Morgan fingerprint density at radius 3 is 2.87 bits per heavy atom. The highest BCUT2D eigenvalue weighted by Gasteiger charge is 2.14. The minimum Gasteiger partial charge on any atom is -0.287 e. The first-order valence-electron chi connectivity index (χ1n) is 4.08. The van der Waals surface area contributed by atoms with Crippen molar-refractivity contribution in [3.05, 3.63) is 49.5 Å². The summed E-state index contributed by atoms with van der Waals surface area (Å²) in [7, 11) is 0. The van der Waals surface area contributed by atoms with Gasteiger partial charge in [0.25, 0.3) is 0 Å². The van der Waals surface area contributed by atoms with Crippen molar-refractivity contribution in [2.75, 3.05) is 0 Å². The third-order valence-corrected chi connectivity index (χ3v) is 3.58. The van der Waals surface area contributed by atoms with Crippen LogP contribution in [0.5, 0.6) is 0 Å². The third kappa shape index (κ3) is 2.38. The van der Waals surface area contributed by atoms with Crippen molar-refractivity contribution in [1.82, 2.24) is 4.37 Å². The zero-order valence-electron chi connectivity index (χ0n) is 7.41. The largest absolute Gasteiger partial charge is 0.287 e. The Morgan fingerprint density at radius 1 is 1.40 bits per heavy atom. The molecule has 15 heavy (non-hydrogen) atoms. The molecule has 0 amide bonds. The molecule has 0 saturated heterocycles. The molecule has 2 rings (SSSR count). The highest BCUT2D eigenvalue weighted by Crippen LogP contribution is 2.20. The van der Waals surface area contributed by atoms with Crippen molar-refractivity contribution in [3.63, 3.8) is 0 Å². The maximum absolute atomic E-state index is 12.0. The Balaban J connectivity index is 2.46. The quantitative estimate of drug-likeness (QED) is 0.612. The summed E-state index contributed by atoms with van der Waals surface area (Å²) in [6, 6.07) is 6.97. The van der Waals surface area contributed by atoms with Crippen LogP contribution in [0.15, 0.2) is 29.6 Å². The van der Waals surface area contributed by atoms with Crippen molar-refractivity contribution in [2.24, 2.45) is 0 Å². The monoisotopic (exact) mass is 349 g/mol. The predicted octanol–water partition coefficient (Wildman–Crippen LogP) is 3.63. The Bertz CT molecular complexity index is 498. The molecule has 0 spiro atoms. The molecule has 0 saturated carbocycles. The number of carbonyl (C=O) groups is 1. The average Bonchev–Trinajstić information content (AvgIpc) is 2.74. The van der Waals surface area contributed by atoms with Crippen molar-refractivity contribution in [1.29, 1.82) is 0 Å². The van der Waals surface area contributed by atoms with Crippen molar-refractivity contribution in [3.8, 4) is 0 Å². The molecule has 1 heterocycles. The fourth-order valence-corrected chi connectivity index (χ4v) is 2.40. The van der Waals surface area contributed by atoms with E-state index in [1.54, 1.807) is 23.6 Å². The predicted molar refractivity (Wildman–Crippen MR) is 69.7 cm³/mol. The van der Waals surface area contributed by atoms with E-state index in [4.69, 9.17) is 11.6 Å². The molecule has 2 nitrogen and oxygen atoms in total. The number of hydrogen-bond acceptors (Lipinski definition) is 3. The zero-order chi connectivity index (χ0) is 10.8. The number of rotatable bonds is 2. The molecule has 2 aromatic rings. The number of aromatic nitrogens is 1. The van der Waals surface area contributed by atoms with Gasteiger partial charge >= 0.3 is 0 Å². The number of ketones is 1. The van der Waals surface area contributed by atoms with Gasteiger partial charge in [0.05, 0.1) is 0 Å². The molecular formula is C10H5ClINOS. The van der Waals surface area contributed by atoms with Crippen LogP contribution in [-0.4, -0.2) is 10.2 Å². The van der Waals surface area contributed by atoms with Crippen LogP contribution in [0.1, 0.15) is 16.1 Å². The molecular weight excluding hydrogens is 345 g/mol. The van der Waals surface area contributed by atoms with E-state index in [-0.39, 0.29) is 5.78 Å². The highest BCUT2D eigenvalue weighted by molar-refractivity contribution is 14.1. The lowest BCUT2D eigenvalue weighted by atomic mass is 10.1. The number of nitrogens with zero attached hydrogens (tertiary/aromatic N) is 1. The maximum Gasteiger partial charge on any atom is 0.213 e. The lowest BCUT2D eigenvalue weighted by Gasteiger charge is -2.01. The number of carbonyl (C=O) groups excluding carboxylic acids is 1. The topological polar surface area (TPSA) is 30.0 Å². The average molecular weight is 350 g/mol. The summed E-state index contributed by atoms with van der Waals surface area (Å²) >= 11 is 9.23. The summed E-state index contributed by atoms with van der Waals surface area (Å²) in [4.78, 5) is 12.0. The van der Waals surface area contributed by atoms with Gasteiger partial charge in [0, 0.05) is 19.5 Å². The molecule has 0 unspecified atom stereocenters. The maximum atomic E-state index is 12.0. The Morgan fingerprint density at radius 2 is 2.20 bits per heavy atom. The molecule has 0 radical (unpaired) electrons. The minimum absolute atomic E-state index is 0.0804. The second-order valence-corrected chi connectivity index (χ2v) is 5.10. The van der Waals surface area contributed by atoms with Crippen LogP contribution < -0.4 is 0 Å². The lowest BCUT2D eigenvalue weighted by Crippen LogP contribution is -2.03. The van der Waals surface area contributed by atoms with Gasteiger partial charge in [-0.1, -0.05) is 11.6 Å². The first-order chi connectivity index (χ1) is 7.18. The zero-order valence-corrected chi connectivity index (χ0v) is 11.1. The fraction of sp³-hybridized carbons (Fsp3) is 0. The lowest BCUT2D eigenvalue weighted by molar-refractivity contribution is 0.103. The van der Waals surface area contributed by atoms with Crippen LogP contribution in [-0.2, 0) is 0 Å². The van der Waals surface area contributed by atoms with Gasteiger partial charge in [0.1, 0.15) is 5.69 Å². The normalized spacial score (nSPS) is 10.3. The van der Waals surface area contributed by atoms with Gasteiger partial charge in [0.2, 0.25) is 5.78 Å². The molecule has 1 aromatic heterocycles. The smallest absolute Gasteiger partial charge is 0.213 e. The van der Waals surface area contributed by atoms with Crippen molar-refractivity contribution in [2.45, 2.75) is 0 Å². The number of hydrogen-bond donors (Lipinski definition) is 0.